The number of carbonyl (C=O) groups excluding carboxylic acids is 1. The Hall–Kier alpha value is -1.26. The summed E-state index contributed by atoms with van der Waals surface area (Å²) in [5.41, 5.74) is 2.12. The van der Waals surface area contributed by atoms with E-state index in [0.29, 0.717) is 11.7 Å². The number of carbonyl (C=O) groups is 1. The molecular weight excluding hydrogens is 346 g/mol. The van der Waals surface area contributed by atoms with Crippen molar-refractivity contribution in [3.8, 4) is 0 Å². The zero-order valence-electron chi connectivity index (χ0n) is 12.1. The van der Waals surface area contributed by atoms with Gasteiger partial charge in [-0.15, -0.1) is 11.8 Å². The molecular formula is C17H18BrNOS. The molecule has 2 aromatic carbocycles. The minimum absolute atomic E-state index is 0.0141. The van der Waals surface area contributed by atoms with Crippen LogP contribution >= 0.6 is 27.7 Å². The third-order valence-corrected chi connectivity index (χ3v) is 4.59. The lowest BCUT2D eigenvalue weighted by Gasteiger charge is -2.08. The largest absolute Gasteiger partial charge is 0.325 e. The third kappa shape index (κ3) is 5.21. The van der Waals surface area contributed by atoms with Crippen LogP contribution in [0.1, 0.15) is 25.3 Å². The maximum absolute atomic E-state index is 11.9. The van der Waals surface area contributed by atoms with E-state index >= 15 is 0 Å². The molecule has 1 N–H and O–H groups in total. The van der Waals surface area contributed by atoms with Crippen molar-refractivity contribution in [3.63, 3.8) is 0 Å². The Morgan fingerprint density at radius 1 is 1.10 bits per heavy atom. The van der Waals surface area contributed by atoms with E-state index in [2.05, 4.69) is 47.2 Å². The zero-order valence-corrected chi connectivity index (χ0v) is 14.5. The Bertz CT molecular complexity index is 593. The molecule has 0 unspecified atom stereocenters. The van der Waals surface area contributed by atoms with Gasteiger partial charge in [0.15, 0.2) is 0 Å². The standard InChI is InChI=1S/C17H18BrNOS/c1-12(2)13-3-7-15(8-4-13)19-17(20)11-21-16-9-5-14(18)6-10-16/h3-10,12H,11H2,1-2H3,(H,19,20). The maximum atomic E-state index is 11.9. The van der Waals surface area contributed by atoms with Crippen molar-refractivity contribution in [2.45, 2.75) is 24.7 Å². The second-order valence-corrected chi connectivity index (χ2v) is 7.03. The SMILES string of the molecule is CC(C)c1ccc(NC(=O)CSc2ccc(Br)cc2)cc1. The van der Waals surface area contributed by atoms with Gasteiger partial charge in [-0.3, -0.25) is 4.79 Å². The van der Waals surface area contributed by atoms with Crippen molar-refractivity contribution >= 4 is 39.3 Å². The molecule has 0 fully saturated rings. The van der Waals surface area contributed by atoms with Crippen LogP contribution in [-0.2, 0) is 4.79 Å². The number of nitrogens with one attached hydrogen (secondary N) is 1. The van der Waals surface area contributed by atoms with E-state index in [-0.39, 0.29) is 5.91 Å². The highest BCUT2D eigenvalue weighted by molar-refractivity contribution is 9.10. The minimum atomic E-state index is 0.0141. The number of thioether (sulfide) groups is 1. The highest BCUT2D eigenvalue weighted by atomic mass is 79.9. The van der Waals surface area contributed by atoms with Gasteiger partial charge in [0, 0.05) is 15.1 Å². The second kappa shape index (κ2) is 7.66. The van der Waals surface area contributed by atoms with Gasteiger partial charge >= 0.3 is 0 Å². The summed E-state index contributed by atoms with van der Waals surface area (Å²) in [5.74, 6) is 0.927. The van der Waals surface area contributed by atoms with Gasteiger partial charge < -0.3 is 5.32 Å². The molecule has 0 aliphatic rings. The Morgan fingerprint density at radius 2 is 1.71 bits per heavy atom. The van der Waals surface area contributed by atoms with E-state index in [4.69, 9.17) is 0 Å². The van der Waals surface area contributed by atoms with Crippen LogP contribution in [0.15, 0.2) is 57.9 Å². The normalized spacial score (nSPS) is 10.7. The van der Waals surface area contributed by atoms with Gasteiger partial charge in [0.1, 0.15) is 0 Å². The lowest BCUT2D eigenvalue weighted by Crippen LogP contribution is -2.13. The van der Waals surface area contributed by atoms with Crippen molar-refractivity contribution in [1.82, 2.24) is 0 Å². The second-order valence-electron chi connectivity index (χ2n) is 5.07. The van der Waals surface area contributed by atoms with Crippen molar-refractivity contribution in [2.24, 2.45) is 0 Å². The summed E-state index contributed by atoms with van der Waals surface area (Å²) in [6.07, 6.45) is 0. The average Bonchev–Trinajstić information content (AvgIpc) is 2.47. The number of anilines is 1. The van der Waals surface area contributed by atoms with Gasteiger partial charge in [0.25, 0.3) is 0 Å². The summed E-state index contributed by atoms with van der Waals surface area (Å²) in [4.78, 5) is 13.0. The number of hydrogen-bond acceptors (Lipinski definition) is 2. The van der Waals surface area contributed by atoms with Crippen LogP contribution in [0.25, 0.3) is 0 Å². The molecule has 0 heterocycles. The highest BCUT2D eigenvalue weighted by Gasteiger charge is 2.05. The molecule has 4 heteroatoms. The number of amides is 1. The van der Waals surface area contributed by atoms with E-state index in [1.165, 1.54) is 17.3 Å². The molecule has 0 aliphatic heterocycles. The molecule has 0 atom stereocenters. The van der Waals surface area contributed by atoms with Gasteiger partial charge in [-0.25, -0.2) is 0 Å². The quantitative estimate of drug-likeness (QED) is 0.729. The van der Waals surface area contributed by atoms with Crippen LogP contribution in [0.3, 0.4) is 0 Å². The van der Waals surface area contributed by atoms with Gasteiger partial charge in [0.05, 0.1) is 5.75 Å². The summed E-state index contributed by atoms with van der Waals surface area (Å²) in [6, 6.07) is 16.0. The fraction of sp³-hybridized carbons (Fsp3) is 0.235. The fourth-order valence-electron chi connectivity index (χ4n) is 1.83. The molecule has 110 valence electrons. The Morgan fingerprint density at radius 3 is 2.29 bits per heavy atom. The first-order valence-corrected chi connectivity index (χ1v) is 8.60. The van der Waals surface area contributed by atoms with Gasteiger partial charge in [-0.1, -0.05) is 41.9 Å². The van der Waals surface area contributed by atoms with Crippen LogP contribution < -0.4 is 5.32 Å². The van der Waals surface area contributed by atoms with E-state index in [0.717, 1.165) is 15.1 Å². The van der Waals surface area contributed by atoms with Crippen molar-refractivity contribution in [2.75, 3.05) is 11.1 Å². The van der Waals surface area contributed by atoms with Gasteiger partial charge in [-0.2, -0.15) is 0 Å². The number of benzene rings is 2. The molecule has 2 rings (SSSR count). The smallest absolute Gasteiger partial charge is 0.234 e. The Kier molecular flexibility index (Phi) is 5.88. The zero-order chi connectivity index (χ0) is 15.2. The summed E-state index contributed by atoms with van der Waals surface area (Å²) < 4.78 is 1.04. The first kappa shape index (κ1) is 16.1. The van der Waals surface area contributed by atoms with E-state index in [1.54, 1.807) is 0 Å². The molecule has 2 nitrogen and oxygen atoms in total. The monoisotopic (exact) mass is 363 g/mol. The highest BCUT2D eigenvalue weighted by Crippen LogP contribution is 2.21. The van der Waals surface area contributed by atoms with Crippen LogP contribution in [0, 0.1) is 0 Å². The van der Waals surface area contributed by atoms with Gasteiger partial charge in [-0.05, 0) is 47.9 Å². The predicted octanol–water partition coefficient (Wildman–Crippen LogP) is 5.30. The fourth-order valence-corrected chi connectivity index (χ4v) is 2.79. The summed E-state index contributed by atoms with van der Waals surface area (Å²) in [5, 5.41) is 2.92. The first-order chi connectivity index (χ1) is 10.0. The molecule has 0 aromatic heterocycles. The number of hydrogen-bond donors (Lipinski definition) is 1. The molecule has 2 aromatic rings. The van der Waals surface area contributed by atoms with E-state index in [9.17, 15) is 4.79 Å². The molecule has 1 amide bonds. The average molecular weight is 364 g/mol. The van der Waals surface area contributed by atoms with Crippen molar-refractivity contribution in [1.29, 1.82) is 0 Å². The van der Waals surface area contributed by atoms with Crippen molar-refractivity contribution < 1.29 is 4.79 Å². The molecule has 0 bridgehead atoms. The van der Waals surface area contributed by atoms with Crippen LogP contribution in [0.2, 0.25) is 0 Å². The topological polar surface area (TPSA) is 29.1 Å². The van der Waals surface area contributed by atoms with E-state index in [1.807, 2.05) is 36.4 Å². The summed E-state index contributed by atoms with van der Waals surface area (Å²) in [6.45, 7) is 4.31. The molecule has 0 spiro atoms. The lowest BCUT2D eigenvalue weighted by molar-refractivity contribution is -0.113. The Balaban J connectivity index is 1.85. The summed E-state index contributed by atoms with van der Waals surface area (Å²) in [7, 11) is 0. The molecule has 21 heavy (non-hydrogen) atoms. The first-order valence-electron chi connectivity index (χ1n) is 6.83. The lowest BCUT2D eigenvalue weighted by atomic mass is 10.0. The molecule has 0 saturated carbocycles. The Labute approximate surface area is 138 Å². The minimum Gasteiger partial charge on any atom is -0.325 e. The summed E-state index contributed by atoms with van der Waals surface area (Å²) >= 11 is 4.93. The van der Waals surface area contributed by atoms with Crippen LogP contribution in [0.4, 0.5) is 5.69 Å². The number of rotatable bonds is 5. The van der Waals surface area contributed by atoms with E-state index < -0.39 is 0 Å². The van der Waals surface area contributed by atoms with Gasteiger partial charge in [0.2, 0.25) is 5.91 Å². The van der Waals surface area contributed by atoms with Crippen molar-refractivity contribution in [3.05, 3.63) is 58.6 Å². The molecule has 0 radical (unpaired) electrons. The third-order valence-electron chi connectivity index (χ3n) is 3.04. The maximum Gasteiger partial charge on any atom is 0.234 e. The number of halogens is 1. The molecule has 0 saturated heterocycles. The predicted molar refractivity (Wildman–Crippen MR) is 94.0 cm³/mol. The van der Waals surface area contributed by atoms with Crippen LogP contribution in [-0.4, -0.2) is 11.7 Å². The molecule has 0 aliphatic carbocycles. The van der Waals surface area contributed by atoms with Crippen LogP contribution in [0.5, 0.6) is 0 Å².